The number of rotatable bonds is 2. The molecule has 0 bridgehead atoms. The second-order valence-electron chi connectivity index (χ2n) is 4.06. The second kappa shape index (κ2) is 5.36. The molecule has 0 unspecified atom stereocenters. The maximum absolute atomic E-state index is 11.7. The van der Waals surface area contributed by atoms with Gasteiger partial charge in [0, 0.05) is 10.9 Å². The van der Waals surface area contributed by atoms with Gasteiger partial charge < -0.3 is 4.42 Å². The van der Waals surface area contributed by atoms with E-state index < -0.39 is 5.63 Å². The molecule has 0 radical (unpaired) electrons. The van der Waals surface area contributed by atoms with Gasteiger partial charge in [0.2, 0.25) is 0 Å². The number of ketones is 1. The molecule has 3 heteroatoms. The normalized spacial score (nSPS) is 10.4. The Morgan fingerprint density at radius 3 is 2.79 bits per heavy atom. The second-order valence-corrected chi connectivity index (χ2v) is 4.06. The van der Waals surface area contributed by atoms with E-state index in [1.54, 1.807) is 19.1 Å². The Labute approximate surface area is 110 Å². The lowest BCUT2D eigenvalue weighted by molar-refractivity contribution is -0.112. The maximum atomic E-state index is 11.7. The van der Waals surface area contributed by atoms with E-state index in [0.717, 1.165) is 10.9 Å². The summed E-state index contributed by atoms with van der Waals surface area (Å²) in [5, 5.41) is 0.796. The quantitative estimate of drug-likeness (QED) is 0.469. The number of hydrogen-bond donors (Lipinski definition) is 0. The number of fused-ring (bicyclic) bond motifs is 1. The molecular formula is C16H12O3. The van der Waals surface area contributed by atoms with Crippen LogP contribution in [0.15, 0.2) is 39.6 Å². The molecule has 0 spiro atoms. The fraction of sp³-hybridized carbons (Fsp3) is 0.125. The summed E-state index contributed by atoms with van der Waals surface area (Å²) in [5.41, 5.74) is 1.18. The Hall–Kier alpha value is -2.60. The van der Waals surface area contributed by atoms with Crippen molar-refractivity contribution in [3.63, 3.8) is 0 Å². The third-order valence-corrected chi connectivity index (χ3v) is 2.53. The predicted molar refractivity (Wildman–Crippen MR) is 74.8 cm³/mol. The average molecular weight is 252 g/mol. The largest absolute Gasteiger partial charge is 0.422 e. The summed E-state index contributed by atoms with van der Waals surface area (Å²) in [4.78, 5) is 22.6. The molecule has 3 nitrogen and oxygen atoms in total. The van der Waals surface area contributed by atoms with Crippen LogP contribution in [-0.4, -0.2) is 5.78 Å². The molecule has 0 saturated carbocycles. The fourth-order valence-electron chi connectivity index (χ4n) is 1.67. The van der Waals surface area contributed by atoms with E-state index in [9.17, 15) is 9.59 Å². The van der Waals surface area contributed by atoms with Crippen molar-refractivity contribution < 1.29 is 9.21 Å². The van der Waals surface area contributed by atoms with Crippen LogP contribution >= 0.6 is 0 Å². The Kier molecular flexibility index (Phi) is 3.63. The first-order chi connectivity index (χ1) is 9.10. The van der Waals surface area contributed by atoms with Crippen LogP contribution in [0.2, 0.25) is 0 Å². The van der Waals surface area contributed by atoms with Gasteiger partial charge in [-0.15, -0.1) is 5.92 Å². The highest BCUT2D eigenvalue weighted by molar-refractivity contribution is 5.92. The molecule has 1 heterocycles. The third-order valence-electron chi connectivity index (χ3n) is 2.53. The molecule has 0 N–H and O–H groups in total. The molecule has 0 aliphatic rings. The molecule has 94 valence electrons. The van der Waals surface area contributed by atoms with Crippen LogP contribution < -0.4 is 5.63 Å². The standard InChI is InChI=1S/C16H12O3/c1-3-4-12-6-8-13-10-14(7-5-11(2)17)16(18)19-15(13)9-12/h5-10H,1-2H3/b7-5+. The molecule has 2 aromatic rings. The lowest BCUT2D eigenvalue weighted by Gasteiger charge is -1.99. The van der Waals surface area contributed by atoms with Crippen LogP contribution in [0.1, 0.15) is 25.0 Å². The van der Waals surface area contributed by atoms with Gasteiger partial charge >= 0.3 is 5.63 Å². The maximum Gasteiger partial charge on any atom is 0.343 e. The summed E-state index contributed by atoms with van der Waals surface area (Å²) >= 11 is 0. The van der Waals surface area contributed by atoms with Gasteiger partial charge in [0.05, 0.1) is 5.56 Å². The van der Waals surface area contributed by atoms with E-state index in [-0.39, 0.29) is 5.78 Å². The number of benzene rings is 1. The zero-order chi connectivity index (χ0) is 13.8. The molecule has 0 aliphatic heterocycles. The van der Waals surface area contributed by atoms with E-state index in [2.05, 4.69) is 11.8 Å². The van der Waals surface area contributed by atoms with E-state index in [1.165, 1.54) is 19.1 Å². The van der Waals surface area contributed by atoms with Crippen LogP contribution in [-0.2, 0) is 4.79 Å². The van der Waals surface area contributed by atoms with Gasteiger partial charge in [-0.05, 0) is 50.3 Å². The Morgan fingerprint density at radius 2 is 2.11 bits per heavy atom. The van der Waals surface area contributed by atoms with Crippen molar-refractivity contribution in [3.05, 3.63) is 51.9 Å². The number of allylic oxidation sites excluding steroid dienone is 1. The lowest BCUT2D eigenvalue weighted by atomic mass is 10.1. The summed E-state index contributed by atoms with van der Waals surface area (Å²) in [6.07, 6.45) is 2.81. The predicted octanol–water partition coefficient (Wildman–Crippen LogP) is 2.77. The number of carbonyl (C=O) groups excluding carboxylic acids is 1. The highest BCUT2D eigenvalue weighted by Gasteiger charge is 2.03. The Balaban J connectivity index is 2.57. The molecule has 0 saturated heterocycles. The smallest absolute Gasteiger partial charge is 0.343 e. The minimum atomic E-state index is -0.466. The first-order valence-electron chi connectivity index (χ1n) is 5.79. The highest BCUT2D eigenvalue weighted by Crippen LogP contribution is 2.15. The Bertz CT molecular complexity index is 783. The molecular weight excluding hydrogens is 240 g/mol. The van der Waals surface area contributed by atoms with E-state index in [1.807, 2.05) is 12.1 Å². The molecule has 0 atom stereocenters. The van der Waals surface area contributed by atoms with Crippen molar-refractivity contribution in [2.24, 2.45) is 0 Å². The van der Waals surface area contributed by atoms with Gasteiger partial charge in [-0.1, -0.05) is 5.92 Å². The highest BCUT2D eigenvalue weighted by atomic mass is 16.4. The zero-order valence-electron chi connectivity index (χ0n) is 10.7. The molecule has 2 rings (SSSR count). The molecule has 0 amide bonds. The molecule has 0 fully saturated rings. The van der Waals surface area contributed by atoms with Crippen molar-refractivity contribution in [1.82, 2.24) is 0 Å². The summed E-state index contributed by atoms with van der Waals surface area (Å²) in [6.45, 7) is 3.17. The van der Waals surface area contributed by atoms with Gasteiger partial charge in [-0.2, -0.15) is 0 Å². The molecule has 1 aromatic carbocycles. The van der Waals surface area contributed by atoms with Gasteiger partial charge in [-0.3, -0.25) is 4.79 Å². The van der Waals surface area contributed by atoms with Gasteiger partial charge in [0.25, 0.3) is 0 Å². The van der Waals surface area contributed by atoms with Crippen LogP contribution in [0.5, 0.6) is 0 Å². The van der Waals surface area contributed by atoms with Crippen molar-refractivity contribution in [1.29, 1.82) is 0 Å². The first-order valence-corrected chi connectivity index (χ1v) is 5.79. The van der Waals surface area contributed by atoms with Crippen LogP contribution in [0, 0.1) is 11.8 Å². The van der Waals surface area contributed by atoms with Crippen molar-refractivity contribution in [3.8, 4) is 11.8 Å². The molecule has 19 heavy (non-hydrogen) atoms. The van der Waals surface area contributed by atoms with Crippen LogP contribution in [0.3, 0.4) is 0 Å². The summed E-state index contributed by atoms with van der Waals surface area (Å²) in [5.74, 6) is 5.57. The lowest BCUT2D eigenvalue weighted by Crippen LogP contribution is -2.02. The van der Waals surface area contributed by atoms with Crippen LogP contribution in [0.25, 0.3) is 17.0 Å². The van der Waals surface area contributed by atoms with Crippen molar-refractivity contribution >= 4 is 22.8 Å². The van der Waals surface area contributed by atoms with E-state index in [0.29, 0.717) is 11.1 Å². The fourth-order valence-corrected chi connectivity index (χ4v) is 1.67. The minimum Gasteiger partial charge on any atom is -0.422 e. The summed E-state index contributed by atoms with van der Waals surface area (Å²) in [6, 6.07) is 7.12. The van der Waals surface area contributed by atoms with E-state index >= 15 is 0 Å². The van der Waals surface area contributed by atoms with Crippen LogP contribution in [0.4, 0.5) is 0 Å². The molecule has 1 aromatic heterocycles. The number of carbonyl (C=O) groups is 1. The summed E-state index contributed by atoms with van der Waals surface area (Å²) < 4.78 is 5.23. The van der Waals surface area contributed by atoms with E-state index in [4.69, 9.17) is 4.42 Å². The first kappa shape index (κ1) is 12.8. The summed E-state index contributed by atoms with van der Waals surface area (Å²) in [7, 11) is 0. The van der Waals surface area contributed by atoms with Gasteiger partial charge in [0.1, 0.15) is 5.58 Å². The van der Waals surface area contributed by atoms with Gasteiger partial charge in [0.15, 0.2) is 5.78 Å². The topological polar surface area (TPSA) is 47.3 Å². The zero-order valence-corrected chi connectivity index (χ0v) is 10.7. The minimum absolute atomic E-state index is 0.118. The monoisotopic (exact) mass is 252 g/mol. The third kappa shape index (κ3) is 2.99. The Morgan fingerprint density at radius 1 is 1.32 bits per heavy atom. The average Bonchev–Trinajstić information content (AvgIpc) is 2.36. The van der Waals surface area contributed by atoms with Crippen molar-refractivity contribution in [2.75, 3.05) is 0 Å². The van der Waals surface area contributed by atoms with Gasteiger partial charge in [-0.25, -0.2) is 4.79 Å². The van der Waals surface area contributed by atoms with Crippen molar-refractivity contribution in [2.45, 2.75) is 13.8 Å². The number of hydrogen-bond acceptors (Lipinski definition) is 3. The molecule has 0 aliphatic carbocycles. The SMILES string of the molecule is CC#Cc1ccc2cc(/C=C/C(C)=O)c(=O)oc2c1.